The first-order chi connectivity index (χ1) is 8.81. The Balaban J connectivity index is 3.12. The number of benzene rings is 1. The van der Waals surface area contributed by atoms with Crippen molar-refractivity contribution in [1.29, 1.82) is 0 Å². The molecular weight excluding hydrogens is 292 g/mol. The second kappa shape index (κ2) is 6.33. The maximum Gasteiger partial charge on any atom is 0.337 e. The lowest BCUT2D eigenvalue weighted by molar-refractivity contribution is 0.0600. The standard InChI is InChI=1S/C11H15ClN2O4S/c1-7(6-13)14-19(16,17)10-4-3-8(5-9(10)12)11(15)18-2/h3-5,7,14H,6,13H2,1-2H3/t7-/m0/s1. The van der Waals surface area contributed by atoms with Gasteiger partial charge in [-0.25, -0.2) is 17.9 Å². The van der Waals surface area contributed by atoms with E-state index >= 15 is 0 Å². The van der Waals surface area contributed by atoms with E-state index in [1.165, 1.54) is 25.3 Å². The third-order valence-electron chi connectivity index (χ3n) is 2.35. The minimum atomic E-state index is -3.77. The highest BCUT2D eigenvalue weighted by Crippen LogP contribution is 2.23. The third kappa shape index (κ3) is 3.90. The largest absolute Gasteiger partial charge is 0.465 e. The molecule has 0 fully saturated rings. The number of rotatable bonds is 5. The van der Waals surface area contributed by atoms with E-state index in [1.54, 1.807) is 6.92 Å². The van der Waals surface area contributed by atoms with E-state index in [0.29, 0.717) is 0 Å². The van der Waals surface area contributed by atoms with Crippen LogP contribution in [0.15, 0.2) is 23.1 Å². The zero-order valence-corrected chi connectivity index (χ0v) is 12.1. The number of carbonyl (C=O) groups is 1. The van der Waals surface area contributed by atoms with Crippen molar-refractivity contribution in [2.75, 3.05) is 13.7 Å². The Labute approximate surface area is 116 Å². The van der Waals surface area contributed by atoms with Gasteiger partial charge in [-0.3, -0.25) is 0 Å². The summed E-state index contributed by atoms with van der Waals surface area (Å²) >= 11 is 5.88. The molecule has 0 radical (unpaired) electrons. The average molecular weight is 307 g/mol. The zero-order valence-electron chi connectivity index (χ0n) is 10.5. The molecule has 6 nitrogen and oxygen atoms in total. The van der Waals surface area contributed by atoms with E-state index in [2.05, 4.69) is 9.46 Å². The molecule has 1 rings (SSSR count). The van der Waals surface area contributed by atoms with Gasteiger partial charge in [-0.2, -0.15) is 0 Å². The highest BCUT2D eigenvalue weighted by atomic mass is 35.5. The maximum absolute atomic E-state index is 12.0. The lowest BCUT2D eigenvalue weighted by Crippen LogP contribution is -2.37. The Bertz CT molecular complexity index is 574. The lowest BCUT2D eigenvalue weighted by atomic mass is 10.2. The molecule has 1 aromatic rings. The summed E-state index contributed by atoms with van der Waals surface area (Å²) in [6.45, 7) is 1.80. The summed E-state index contributed by atoms with van der Waals surface area (Å²) in [5, 5.41) is -0.0559. The molecule has 8 heteroatoms. The number of esters is 1. The molecule has 0 amide bonds. The SMILES string of the molecule is COC(=O)c1ccc(S(=O)(=O)N[C@@H](C)CN)c(Cl)c1. The number of nitrogens with two attached hydrogens (primary N) is 1. The first-order valence-electron chi connectivity index (χ1n) is 5.42. The average Bonchev–Trinajstić information content (AvgIpc) is 2.36. The fraction of sp³-hybridized carbons (Fsp3) is 0.364. The molecule has 106 valence electrons. The monoisotopic (exact) mass is 306 g/mol. The number of hydrogen-bond acceptors (Lipinski definition) is 5. The Morgan fingerprint density at radius 1 is 1.53 bits per heavy atom. The van der Waals surface area contributed by atoms with Crippen LogP contribution >= 0.6 is 11.6 Å². The molecule has 0 saturated carbocycles. The molecule has 0 bridgehead atoms. The summed E-state index contributed by atoms with van der Waals surface area (Å²) in [6, 6.07) is 3.41. The van der Waals surface area contributed by atoms with Crippen LogP contribution in [0.5, 0.6) is 0 Å². The molecule has 0 saturated heterocycles. The van der Waals surface area contributed by atoms with Gasteiger partial charge in [0.25, 0.3) is 0 Å². The van der Waals surface area contributed by atoms with Gasteiger partial charge in [0.2, 0.25) is 10.0 Å². The number of nitrogens with one attached hydrogen (secondary N) is 1. The number of ether oxygens (including phenoxy) is 1. The van der Waals surface area contributed by atoms with Gasteiger partial charge in [0.05, 0.1) is 17.7 Å². The van der Waals surface area contributed by atoms with E-state index in [0.717, 1.165) is 0 Å². The minimum Gasteiger partial charge on any atom is -0.465 e. The quantitative estimate of drug-likeness (QED) is 0.782. The first kappa shape index (κ1) is 15.9. The Morgan fingerprint density at radius 3 is 2.63 bits per heavy atom. The Hall–Kier alpha value is -1.15. The smallest absolute Gasteiger partial charge is 0.337 e. The van der Waals surface area contributed by atoms with Crippen molar-refractivity contribution in [2.45, 2.75) is 17.9 Å². The minimum absolute atomic E-state index is 0.0559. The van der Waals surface area contributed by atoms with E-state index in [4.69, 9.17) is 17.3 Å². The third-order valence-corrected chi connectivity index (χ3v) is 4.42. The molecule has 0 unspecified atom stereocenters. The van der Waals surface area contributed by atoms with Crippen molar-refractivity contribution in [1.82, 2.24) is 4.72 Å². The maximum atomic E-state index is 12.0. The van der Waals surface area contributed by atoms with E-state index < -0.39 is 22.0 Å². The predicted molar refractivity (Wildman–Crippen MR) is 71.6 cm³/mol. The van der Waals surface area contributed by atoms with Gasteiger partial charge >= 0.3 is 5.97 Å². The summed E-state index contributed by atoms with van der Waals surface area (Å²) in [5.74, 6) is -0.589. The highest BCUT2D eigenvalue weighted by molar-refractivity contribution is 7.89. The fourth-order valence-electron chi connectivity index (χ4n) is 1.34. The van der Waals surface area contributed by atoms with Crippen LogP contribution in [0.1, 0.15) is 17.3 Å². The molecule has 1 atom stereocenters. The van der Waals surface area contributed by atoms with Gasteiger partial charge in [0.15, 0.2) is 0 Å². The van der Waals surface area contributed by atoms with Crippen LogP contribution in [0, 0.1) is 0 Å². The zero-order chi connectivity index (χ0) is 14.6. The lowest BCUT2D eigenvalue weighted by Gasteiger charge is -2.13. The van der Waals surface area contributed by atoms with E-state index in [1.807, 2.05) is 0 Å². The number of hydrogen-bond donors (Lipinski definition) is 2. The van der Waals surface area contributed by atoms with Crippen molar-refractivity contribution in [3.63, 3.8) is 0 Å². The fourth-order valence-corrected chi connectivity index (χ4v) is 3.14. The van der Waals surface area contributed by atoms with Crippen LogP contribution in [0.4, 0.5) is 0 Å². The van der Waals surface area contributed by atoms with Gasteiger partial charge in [-0.05, 0) is 25.1 Å². The number of sulfonamides is 1. The van der Waals surface area contributed by atoms with Crippen LogP contribution in [-0.4, -0.2) is 34.1 Å². The summed E-state index contributed by atoms with van der Waals surface area (Å²) in [5.41, 5.74) is 5.54. The number of methoxy groups -OCH3 is 1. The molecule has 3 N–H and O–H groups in total. The Kier molecular flexibility index (Phi) is 5.30. The van der Waals surface area contributed by atoms with Crippen molar-refractivity contribution >= 4 is 27.6 Å². The van der Waals surface area contributed by atoms with Gasteiger partial charge < -0.3 is 10.5 Å². The van der Waals surface area contributed by atoms with Crippen LogP contribution in [0.2, 0.25) is 5.02 Å². The van der Waals surface area contributed by atoms with Gasteiger partial charge in [0, 0.05) is 12.6 Å². The van der Waals surface area contributed by atoms with Crippen molar-refractivity contribution in [3.8, 4) is 0 Å². The summed E-state index contributed by atoms with van der Waals surface area (Å²) in [7, 11) is -2.54. The Morgan fingerprint density at radius 2 is 2.16 bits per heavy atom. The normalized spacial score (nSPS) is 13.1. The van der Waals surface area contributed by atoms with Gasteiger partial charge in [-0.15, -0.1) is 0 Å². The van der Waals surface area contributed by atoms with Crippen LogP contribution in [-0.2, 0) is 14.8 Å². The van der Waals surface area contributed by atoms with E-state index in [9.17, 15) is 13.2 Å². The highest BCUT2D eigenvalue weighted by Gasteiger charge is 2.21. The van der Waals surface area contributed by atoms with Crippen LogP contribution < -0.4 is 10.5 Å². The second-order valence-electron chi connectivity index (χ2n) is 3.89. The van der Waals surface area contributed by atoms with Crippen molar-refractivity contribution < 1.29 is 17.9 Å². The molecule has 0 heterocycles. The molecule has 0 aromatic heterocycles. The second-order valence-corrected chi connectivity index (χ2v) is 5.98. The van der Waals surface area contributed by atoms with Crippen LogP contribution in [0.3, 0.4) is 0 Å². The summed E-state index contributed by atoms with van der Waals surface area (Å²) < 4.78 is 30.9. The topological polar surface area (TPSA) is 98.5 Å². The van der Waals surface area contributed by atoms with Gasteiger partial charge in [-0.1, -0.05) is 11.6 Å². The first-order valence-corrected chi connectivity index (χ1v) is 7.28. The molecular formula is C11H15ClN2O4S. The van der Waals surface area contributed by atoms with Gasteiger partial charge in [0.1, 0.15) is 4.90 Å². The predicted octanol–water partition coefficient (Wildman–Crippen LogP) is 0.752. The summed E-state index contributed by atoms with van der Waals surface area (Å²) in [6.07, 6.45) is 0. The number of carbonyl (C=O) groups excluding carboxylic acids is 1. The van der Waals surface area contributed by atoms with Crippen molar-refractivity contribution in [3.05, 3.63) is 28.8 Å². The molecule has 0 spiro atoms. The molecule has 0 aliphatic carbocycles. The molecule has 0 aliphatic rings. The van der Waals surface area contributed by atoms with E-state index in [-0.39, 0.29) is 22.0 Å². The molecule has 0 aliphatic heterocycles. The van der Waals surface area contributed by atoms with Crippen molar-refractivity contribution in [2.24, 2.45) is 5.73 Å². The molecule has 19 heavy (non-hydrogen) atoms. The summed E-state index contributed by atoms with van der Waals surface area (Å²) in [4.78, 5) is 11.2. The number of halogens is 1. The van der Waals surface area contributed by atoms with Crippen LogP contribution in [0.25, 0.3) is 0 Å². The molecule has 1 aromatic carbocycles.